The molecule has 12 heteroatoms. The maximum Gasteiger partial charge on any atom is 0.326 e. The van der Waals surface area contributed by atoms with Gasteiger partial charge in [-0.3, -0.25) is 14.4 Å². The summed E-state index contributed by atoms with van der Waals surface area (Å²) in [5, 5.41) is 17.2. The van der Waals surface area contributed by atoms with E-state index in [1.807, 2.05) is 6.92 Å². The third-order valence-corrected chi connectivity index (χ3v) is 5.56. The summed E-state index contributed by atoms with van der Waals surface area (Å²) in [5.41, 5.74) is 6.28. The van der Waals surface area contributed by atoms with Gasteiger partial charge in [0.2, 0.25) is 17.7 Å². The summed E-state index contributed by atoms with van der Waals surface area (Å²) < 4.78 is 0. The van der Waals surface area contributed by atoms with Crippen molar-refractivity contribution in [2.24, 2.45) is 17.6 Å². The van der Waals surface area contributed by atoms with Gasteiger partial charge in [0.15, 0.2) is 0 Å². The molecular formula is C20H34N6O5S. The number of carbonyl (C=O) groups is 4. The second kappa shape index (κ2) is 13.1. The number of imidazole rings is 1. The Bertz CT molecular complexity index is 773. The van der Waals surface area contributed by atoms with E-state index in [9.17, 15) is 24.3 Å². The highest BCUT2D eigenvalue weighted by molar-refractivity contribution is 7.80. The van der Waals surface area contributed by atoms with Gasteiger partial charge < -0.3 is 31.8 Å². The number of nitrogens with two attached hydrogens (primary N) is 1. The normalized spacial score (nSPS) is 15.8. The monoisotopic (exact) mass is 470 g/mol. The Morgan fingerprint density at radius 1 is 1.09 bits per heavy atom. The molecule has 1 heterocycles. The van der Waals surface area contributed by atoms with Gasteiger partial charge in [-0.05, 0) is 11.8 Å². The fourth-order valence-electron chi connectivity index (χ4n) is 2.90. The zero-order valence-corrected chi connectivity index (χ0v) is 19.7. The number of aromatic amines is 1. The van der Waals surface area contributed by atoms with Gasteiger partial charge in [0.05, 0.1) is 12.4 Å². The van der Waals surface area contributed by atoms with Gasteiger partial charge >= 0.3 is 5.97 Å². The number of aliphatic carboxylic acids is 1. The van der Waals surface area contributed by atoms with Crippen molar-refractivity contribution in [2.45, 2.75) is 64.7 Å². The molecule has 180 valence electrons. The summed E-state index contributed by atoms with van der Waals surface area (Å²) in [5.74, 6) is -3.44. The highest BCUT2D eigenvalue weighted by Gasteiger charge is 2.33. The minimum Gasteiger partial charge on any atom is -0.480 e. The summed E-state index contributed by atoms with van der Waals surface area (Å²) in [6, 6.07) is -4.03. The van der Waals surface area contributed by atoms with E-state index in [0.717, 1.165) is 0 Å². The molecule has 5 atom stereocenters. The molecule has 1 aromatic heterocycles. The number of thiol groups is 1. The summed E-state index contributed by atoms with van der Waals surface area (Å²) in [7, 11) is 0. The third-order valence-electron chi connectivity index (χ3n) is 5.17. The van der Waals surface area contributed by atoms with Crippen molar-refractivity contribution in [3.05, 3.63) is 18.2 Å². The number of carboxylic acid groups (broad SMARTS) is 1. The molecule has 0 fully saturated rings. The van der Waals surface area contributed by atoms with E-state index < -0.39 is 47.9 Å². The molecule has 0 saturated carbocycles. The highest BCUT2D eigenvalue weighted by atomic mass is 32.1. The number of hydrogen-bond acceptors (Lipinski definition) is 7. The third kappa shape index (κ3) is 8.15. The number of hydrogen-bond donors (Lipinski definition) is 7. The molecule has 0 aliphatic heterocycles. The quantitative estimate of drug-likeness (QED) is 0.189. The van der Waals surface area contributed by atoms with Crippen LogP contribution in [-0.4, -0.2) is 68.7 Å². The van der Waals surface area contributed by atoms with Gasteiger partial charge in [-0.25, -0.2) is 9.78 Å². The molecule has 0 spiro atoms. The second-order valence-corrected chi connectivity index (χ2v) is 8.44. The molecule has 5 unspecified atom stereocenters. The van der Waals surface area contributed by atoms with Crippen molar-refractivity contribution in [3.8, 4) is 0 Å². The molecule has 0 radical (unpaired) electrons. The first-order valence-electron chi connectivity index (χ1n) is 10.5. The van der Waals surface area contributed by atoms with Gasteiger partial charge in [-0.2, -0.15) is 12.6 Å². The Morgan fingerprint density at radius 3 is 2.19 bits per heavy atom. The average molecular weight is 471 g/mol. The topological polar surface area (TPSA) is 179 Å². The smallest absolute Gasteiger partial charge is 0.326 e. The molecule has 0 aromatic carbocycles. The van der Waals surface area contributed by atoms with Gasteiger partial charge in [0.25, 0.3) is 0 Å². The lowest BCUT2D eigenvalue weighted by Crippen LogP contribution is -2.59. The zero-order chi connectivity index (χ0) is 24.4. The molecule has 0 aliphatic rings. The maximum atomic E-state index is 13.1. The number of rotatable bonds is 13. The van der Waals surface area contributed by atoms with E-state index >= 15 is 0 Å². The summed E-state index contributed by atoms with van der Waals surface area (Å²) in [4.78, 5) is 56.5. The Balaban J connectivity index is 3.09. The van der Waals surface area contributed by atoms with Crippen LogP contribution in [0.2, 0.25) is 0 Å². The van der Waals surface area contributed by atoms with Crippen molar-refractivity contribution < 1.29 is 24.3 Å². The molecule has 0 aliphatic carbocycles. The van der Waals surface area contributed by atoms with Crippen LogP contribution in [-0.2, 0) is 25.6 Å². The van der Waals surface area contributed by atoms with Crippen LogP contribution < -0.4 is 21.7 Å². The van der Waals surface area contributed by atoms with Crippen molar-refractivity contribution >= 4 is 36.3 Å². The number of nitrogens with zero attached hydrogens (tertiary/aromatic N) is 1. The molecule has 0 bridgehead atoms. The van der Waals surface area contributed by atoms with E-state index in [1.54, 1.807) is 20.8 Å². The van der Waals surface area contributed by atoms with Gasteiger partial charge in [-0.1, -0.05) is 34.1 Å². The molecule has 32 heavy (non-hydrogen) atoms. The van der Waals surface area contributed by atoms with Crippen molar-refractivity contribution in [1.29, 1.82) is 0 Å². The van der Waals surface area contributed by atoms with Gasteiger partial charge in [0.1, 0.15) is 18.1 Å². The summed E-state index contributed by atoms with van der Waals surface area (Å²) >= 11 is 4.00. The number of carbonyl (C=O) groups excluding carboxylic acids is 3. The predicted octanol–water partition coefficient (Wildman–Crippen LogP) is -0.550. The number of nitrogens with one attached hydrogen (secondary N) is 4. The first-order valence-corrected chi connectivity index (χ1v) is 11.1. The molecule has 1 rings (SSSR count). The van der Waals surface area contributed by atoms with Crippen molar-refractivity contribution in [1.82, 2.24) is 25.9 Å². The Kier molecular flexibility index (Phi) is 11.2. The molecule has 11 nitrogen and oxygen atoms in total. The molecule has 7 N–H and O–H groups in total. The van der Waals surface area contributed by atoms with Crippen LogP contribution in [0.4, 0.5) is 0 Å². The maximum absolute atomic E-state index is 13.1. The van der Waals surface area contributed by atoms with Crippen LogP contribution >= 0.6 is 12.6 Å². The SMILES string of the molecule is CCC(C)C(NC(=O)C(N)CS)C(=O)NC(Cc1cnc[nH]1)C(=O)NC(C(=O)O)C(C)C. The predicted molar refractivity (Wildman–Crippen MR) is 122 cm³/mol. The largest absolute Gasteiger partial charge is 0.480 e. The van der Waals surface area contributed by atoms with Crippen molar-refractivity contribution in [2.75, 3.05) is 5.75 Å². The lowest BCUT2D eigenvalue weighted by molar-refractivity contribution is -0.143. The molecule has 1 aromatic rings. The van der Waals surface area contributed by atoms with Gasteiger partial charge in [-0.15, -0.1) is 0 Å². The minimum absolute atomic E-state index is 0.0549. The van der Waals surface area contributed by atoms with E-state index in [1.165, 1.54) is 12.5 Å². The lowest BCUT2D eigenvalue weighted by atomic mass is 9.97. The minimum atomic E-state index is -1.18. The summed E-state index contributed by atoms with van der Waals surface area (Å²) in [6.07, 6.45) is 3.57. The zero-order valence-electron chi connectivity index (χ0n) is 18.8. The number of aromatic nitrogens is 2. The van der Waals surface area contributed by atoms with Crippen LogP contribution in [0.25, 0.3) is 0 Å². The molecule has 0 saturated heterocycles. The lowest BCUT2D eigenvalue weighted by Gasteiger charge is -2.28. The van der Waals surface area contributed by atoms with Crippen LogP contribution in [0.5, 0.6) is 0 Å². The van der Waals surface area contributed by atoms with Crippen LogP contribution in [0, 0.1) is 11.8 Å². The standard InChI is InChI=1S/C20H34N6O5S/c1-5-11(4)16(26-17(27)13(21)8-32)19(29)24-14(6-12-7-22-9-23-12)18(28)25-15(10(2)3)20(30)31/h7,9-11,13-16,32H,5-6,8,21H2,1-4H3,(H,22,23)(H,24,29)(H,25,28)(H,26,27)(H,30,31). The van der Waals surface area contributed by atoms with E-state index in [-0.39, 0.29) is 24.0 Å². The Hall–Kier alpha value is -2.60. The Morgan fingerprint density at radius 2 is 1.72 bits per heavy atom. The highest BCUT2D eigenvalue weighted by Crippen LogP contribution is 2.10. The second-order valence-electron chi connectivity index (χ2n) is 8.07. The first-order chi connectivity index (χ1) is 15.0. The fraction of sp³-hybridized carbons (Fsp3) is 0.650. The number of amides is 3. The first kappa shape index (κ1) is 27.4. The van der Waals surface area contributed by atoms with E-state index in [0.29, 0.717) is 12.1 Å². The summed E-state index contributed by atoms with van der Waals surface area (Å²) in [6.45, 7) is 6.99. The van der Waals surface area contributed by atoms with Crippen LogP contribution in [0.1, 0.15) is 39.8 Å². The molecule has 3 amide bonds. The average Bonchev–Trinajstić information content (AvgIpc) is 3.26. The molecular weight excluding hydrogens is 436 g/mol. The Labute approximate surface area is 193 Å². The van der Waals surface area contributed by atoms with E-state index in [4.69, 9.17) is 5.73 Å². The van der Waals surface area contributed by atoms with Crippen molar-refractivity contribution in [3.63, 3.8) is 0 Å². The van der Waals surface area contributed by atoms with E-state index in [2.05, 4.69) is 38.5 Å². The number of carboxylic acids is 1. The number of H-pyrrole nitrogens is 1. The van der Waals surface area contributed by atoms with Crippen LogP contribution in [0.15, 0.2) is 12.5 Å². The van der Waals surface area contributed by atoms with Gasteiger partial charge in [0, 0.05) is 24.1 Å². The van der Waals surface area contributed by atoms with Crippen LogP contribution in [0.3, 0.4) is 0 Å². The fourth-order valence-corrected chi connectivity index (χ4v) is 3.07.